The SMILES string of the molecule is C=C/C(=C(\C)OC(=C)C(=NC)N1CCC2(CCNC2)C1)C1CC1C(=O)OC. The van der Waals surface area contributed by atoms with Crippen molar-refractivity contribution in [1.29, 1.82) is 0 Å². The van der Waals surface area contributed by atoms with Crippen molar-refractivity contribution in [2.24, 2.45) is 22.2 Å². The van der Waals surface area contributed by atoms with E-state index >= 15 is 0 Å². The molecule has 27 heavy (non-hydrogen) atoms. The van der Waals surface area contributed by atoms with Gasteiger partial charge in [-0.05, 0) is 38.3 Å². The molecule has 3 atom stereocenters. The van der Waals surface area contributed by atoms with E-state index in [9.17, 15) is 4.79 Å². The number of esters is 1. The summed E-state index contributed by atoms with van der Waals surface area (Å²) >= 11 is 0. The van der Waals surface area contributed by atoms with Crippen LogP contribution in [0, 0.1) is 17.3 Å². The molecule has 3 unspecified atom stereocenters. The van der Waals surface area contributed by atoms with E-state index in [-0.39, 0.29) is 17.8 Å². The van der Waals surface area contributed by atoms with Crippen LogP contribution < -0.4 is 5.32 Å². The largest absolute Gasteiger partial charge is 0.469 e. The molecule has 1 saturated carbocycles. The molecule has 1 aliphatic carbocycles. The molecular formula is C21H31N3O3. The first-order chi connectivity index (χ1) is 12.9. The van der Waals surface area contributed by atoms with Crippen LogP contribution in [-0.2, 0) is 14.3 Å². The summed E-state index contributed by atoms with van der Waals surface area (Å²) in [6, 6.07) is 0. The third-order valence-electron chi connectivity index (χ3n) is 6.13. The van der Waals surface area contributed by atoms with Gasteiger partial charge in [0.2, 0.25) is 0 Å². The van der Waals surface area contributed by atoms with Crippen molar-refractivity contribution in [2.75, 3.05) is 40.3 Å². The standard InChI is InChI=1S/C21H31N3O3/c1-6-16(17-11-18(17)20(25)26-5)14(2)27-15(3)19(22-4)24-10-8-21(13-24)7-9-23-12-21/h6,17-18,23H,1,3,7-13H2,2,4-5H3/b16-14-,22-19?. The molecule has 2 heterocycles. The highest BCUT2D eigenvalue weighted by molar-refractivity contribution is 5.96. The van der Waals surface area contributed by atoms with Crippen LogP contribution >= 0.6 is 0 Å². The Balaban J connectivity index is 1.66. The summed E-state index contributed by atoms with van der Waals surface area (Å²) < 4.78 is 10.9. The first-order valence-corrected chi connectivity index (χ1v) is 9.65. The minimum atomic E-state index is -0.172. The fourth-order valence-electron chi connectivity index (χ4n) is 4.50. The number of methoxy groups -OCH3 is 1. The van der Waals surface area contributed by atoms with E-state index in [4.69, 9.17) is 9.47 Å². The Labute approximate surface area is 162 Å². The maximum absolute atomic E-state index is 11.7. The zero-order valence-electron chi connectivity index (χ0n) is 16.7. The number of amidine groups is 1. The number of nitrogens with zero attached hydrogens (tertiary/aromatic N) is 2. The van der Waals surface area contributed by atoms with E-state index in [1.165, 1.54) is 20.0 Å². The Kier molecular flexibility index (Phi) is 5.75. The van der Waals surface area contributed by atoms with Crippen molar-refractivity contribution in [3.05, 3.63) is 36.3 Å². The average molecular weight is 373 g/mol. The van der Waals surface area contributed by atoms with Crippen LogP contribution in [0.25, 0.3) is 0 Å². The lowest BCUT2D eigenvalue weighted by atomic mass is 9.87. The van der Waals surface area contributed by atoms with E-state index in [1.807, 2.05) is 6.92 Å². The second-order valence-electron chi connectivity index (χ2n) is 7.86. The van der Waals surface area contributed by atoms with E-state index < -0.39 is 0 Å². The molecule has 0 bridgehead atoms. The molecule has 148 valence electrons. The fourth-order valence-corrected chi connectivity index (χ4v) is 4.50. The van der Waals surface area contributed by atoms with Gasteiger partial charge in [-0.25, -0.2) is 0 Å². The van der Waals surface area contributed by atoms with Crippen LogP contribution in [0.15, 0.2) is 41.3 Å². The van der Waals surface area contributed by atoms with Crippen LogP contribution in [0.2, 0.25) is 0 Å². The summed E-state index contributed by atoms with van der Waals surface area (Å²) in [5, 5.41) is 3.48. The molecule has 6 heteroatoms. The number of hydrogen-bond donors (Lipinski definition) is 1. The van der Waals surface area contributed by atoms with Gasteiger partial charge in [0, 0.05) is 38.0 Å². The highest BCUT2D eigenvalue weighted by Crippen LogP contribution is 2.46. The second kappa shape index (κ2) is 7.89. The lowest BCUT2D eigenvalue weighted by Crippen LogP contribution is -2.34. The zero-order valence-corrected chi connectivity index (χ0v) is 16.7. The number of carbonyl (C=O) groups is 1. The Morgan fingerprint density at radius 1 is 1.37 bits per heavy atom. The molecule has 0 amide bonds. The van der Waals surface area contributed by atoms with Gasteiger partial charge >= 0.3 is 5.97 Å². The molecule has 1 N–H and O–H groups in total. The van der Waals surface area contributed by atoms with Gasteiger partial charge in [-0.1, -0.05) is 19.2 Å². The number of rotatable bonds is 6. The van der Waals surface area contributed by atoms with Gasteiger partial charge < -0.3 is 19.7 Å². The normalized spacial score (nSPS) is 30.9. The van der Waals surface area contributed by atoms with Crippen LogP contribution in [0.3, 0.4) is 0 Å². The second-order valence-corrected chi connectivity index (χ2v) is 7.86. The molecule has 0 aromatic carbocycles. The summed E-state index contributed by atoms with van der Waals surface area (Å²) in [5.74, 6) is 1.93. The maximum atomic E-state index is 11.7. The number of allylic oxidation sites excluding steroid dienone is 3. The van der Waals surface area contributed by atoms with E-state index in [0.717, 1.165) is 49.8 Å². The summed E-state index contributed by atoms with van der Waals surface area (Å²) in [4.78, 5) is 18.5. The first kappa shape index (κ1) is 19.7. The molecule has 3 fully saturated rings. The smallest absolute Gasteiger partial charge is 0.309 e. The lowest BCUT2D eigenvalue weighted by Gasteiger charge is -2.26. The van der Waals surface area contributed by atoms with Gasteiger partial charge in [0.05, 0.1) is 13.0 Å². The highest BCUT2D eigenvalue weighted by Gasteiger charge is 2.46. The van der Waals surface area contributed by atoms with Crippen molar-refractivity contribution in [3.63, 3.8) is 0 Å². The minimum Gasteiger partial charge on any atom is -0.469 e. The van der Waals surface area contributed by atoms with Gasteiger partial charge in [-0.2, -0.15) is 0 Å². The number of ether oxygens (including phenoxy) is 2. The Morgan fingerprint density at radius 3 is 2.74 bits per heavy atom. The molecule has 2 saturated heterocycles. The van der Waals surface area contributed by atoms with Crippen molar-refractivity contribution in [3.8, 4) is 0 Å². The molecular weight excluding hydrogens is 342 g/mol. The van der Waals surface area contributed by atoms with Gasteiger partial charge in [0.15, 0.2) is 11.6 Å². The van der Waals surface area contributed by atoms with Crippen LogP contribution in [-0.4, -0.2) is 57.0 Å². The summed E-state index contributed by atoms with van der Waals surface area (Å²) in [5.41, 5.74) is 1.30. The minimum absolute atomic E-state index is 0.0950. The fraction of sp³-hybridized carbons (Fsp3) is 0.619. The van der Waals surface area contributed by atoms with Crippen molar-refractivity contribution in [1.82, 2.24) is 10.2 Å². The van der Waals surface area contributed by atoms with Crippen LogP contribution in [0.5, 0.6) is 0 Å². The molecule has 0 aromatic rings. The molecule has 3 rings (SSSR count). The molecule has 0 radical (unpaired) electrons. The third kappa shape index (κ3) is 3.95. The average Bonchev–Trinajstić information content (AvgIpc) is 3.11. The molecule has 0 aromatic heterocycles. The first-order valence-electron chi connectivity index (χ1n) is 9.65. The predicted molar refractivity (Wildman–Crippen MR) is 106 cm³/mol. The molecule has 3 aliphatic rings. The number of likely N-dealkylation sites (tertiary alicyclic amines) is 1. The molecule has 2 aliphatic heterocycles. The number of aliphatic imine (C=N–C) groups is 1. The number of carbonyl (C=O) groups excluding carboxylic acids is 1. The van der Waals surface area contributed by atoms with E-state index in [0.29, 0.717) is 11.2 Å². The van der Waals surface area contributed by atoms with Crippen molar-refractivity contribution in [2.45, 2.75) is 26.2 Å². The molecule has 1 spiro atoms. The van der Waals surface area contributed by atoms with Crippen molar-refractivity contribution >= 4 is 11.8 Å². The number of hydrogen-bond acceptors (Lipinski definition) is 5. The van der Waals surface area contributed by atoms with Crippen LogP contribution in [0.1, 0.15) is 26.2 Å². The Morgan fingerprint density at radius 2 is 2.15 bits per heavy atom. The lowest BCUT2D eigenvalue weighted by molar-refractivity contribution is -0.142. The summed E-state index contributed by atoms with van der Waals surface area (Å²) in [6.07, 6.45) is 4.93. The van der Waals surface area contributed by atoms with Gasteiger partial charge in [0.25, 0.3) is 0 Å². The predicted octanol–water partition coefficient (Wildman–Crippen LogP) is 2.50. The Bertz CT molecular complexity index is 689. The summed E-state index contributed by atoms with van der Waals surface area (Å²) in [6.45, 7) is 14.0. The topological polar surface area (TPSA) is 63.2 Å². The quantitative estimate of drug-likeness (QED) is 0.255. The van der Waals surface area contributed by atoms with Gasteiger partial charge in [0.1, 0.15) is 5.76 Å². The van der Waals surface area contributed by atoms with E-state index in [1.54, 1.807) is 13.1 Å². The highest BCUT2D eigenvalue weighted by atomic mass is 16.5. The maximum Gasteiger partial charge on any atom is 0.309 e. The third-order valence-corrected chi connectivity index (χ3v) is 6.13. The molecule has 6 nitrogen and oxygen atoms in total. The monoisotopic (exact) mass is 373 g/mol. The Hall–Kier alpha value is -2.08. The van der Waals surface area contributed by atoms with E-state index in [2.05, 4.69) is 28.4 Å². The number of nitrogens with one attached hydrogen (secondary N) is 1. The zero-order chi connectivity index (χ0) is 19.6. The van der Waals surface area contributed by atoms with Crippen LogP contribution in [0.4, 0.5) is 0 Å². The van der Waals surface area contributed by atoms with Gasteiger partial charge in [-0.3, -0.25) is 9.79 Å². The summed E-state index contributed by atoms with van der Waals surface area (Å²) in [7, 11) is 3.20. The van der Waals surface area contributed by atoms with Gasteiger partial charge in [-0.15, -0.1) is 0 Å². The van der Waals surface area contributed by atoms with Crippen molar-refractivity contribution < 1.29 is 14.3 Å².